The van der Waals surface area contributed by atoms with Crippen molar-refractivity contribution >= 4 is 46.9 Å². The van der Waals surface area contributed by atoms with Crippen LogP contribution in [0.2, 0.25) is 0 Å². The topological polar surface area (TPSA) is 178 Å². The molecule has 0 bridgehead atoms. The van der Waals surface area contributed by atoms with E-state index in [9.17, 15) is 27.6 Å². The molecule has 11 nitrogen and oxygen atoms in total. The fourth-order valence-electron chi connectivity index (χ4n) is 5.18. The number of hydrogen-bond acceptors (Lipinski definition) is 8. The molecule has 0 aliphatic rings. The Morgan fingerprint density at radius 1 is 0.915 bits per heavy atom. The molecule has 3 atom stereocenters. The molecule has 2 aromatic carbocycles. The predicted octanol–water partition coefficient (Wildman–Crippen LogP) is 1.81. The Labute approximate surface area is 277 Å². The van der Waals surface area contributed by atoms with Crippen molar-refractivity contribution in [1.82, 2.24) is 15.6 Å². The smallest absolute Gasteiger partial charge is 0.343 e. The Bertz CT molecular complexity index is 1490. The number of carbonyl (C=O) groups excluding carboxylic acids is 3. The molecule has 256 valence electrons. The Kier molecular flexibility index (Phi) is 14.0. The first-order valence-electron chi connectivity index (χ1n) is 15.3. The van der Waals surface area contributed by atoms with Gasteiger partial charge in [0, 0.05) is 30.6 Å². The van der Waals surface area contributed by atoms with E-state index in [0.717, 1.165) is 17.5 Å². The van der Waals surface area contributed by atoms with Crippen molar-refractivity contribution in [2.45, 2.75) is 43.6 Å². The lowest BCUT2D eigenvalue weighted by atomic mass is 10.0. The van der Waals surface area contributed by atoms with Crippen molar-refractivity contribution in [1.29, 1.82) is 0 Å². The first kappa shape index (κ1) is 37.7. The second-order valence-corrected chi connectivity index (χ2v) is 12.1. The molecule has 3 amide bonds. The number of alkyl halides is 3. The average Bonchev–Trinajstić information content (AvgIpc) is 3.03. The Balaban J connectivity index is 1.86. The fraction of sp³-hybridized carbons (Fsp3) is 0.438. The minimum atomic E-state index is -4.53. The zero-order chi connectivity index (χ0) is 34.6. The van der Waals surface area contributed by atoms with Gasteiger partial charge in [-0.2, -0.15) is 25.8 Å². The molecule has 0 aliphatic carbocycles. The normalized spacial score (nSPS) is 13.9. The molecule has 2 unspecified atom stereocenters. The quantitative estimate of drug-likeness (QED) is 0.0842. The second-order valence-electron chi connectivity index (χ2n) is 11.7. The number of amides is 3. The summed E-state index contributed by atoms with van der Waals surface area (Å²) in [5.41, 5.74) is 18.1. The summed E-state index contributed by atoms with van der Waals surface area (Å²) >= 11 is 4.08. The molecule has 0 fully saturated rings. The van der Waals surface area contributed by atoms with Crippen molar-refractivity contribution < 1.29 is 32.0 Å². The number of pyridine rings is 1. The third-order valence-corrected chi connectivity index (χ3v) is 8.30. The summed E-state index contributed by atoms with van der Waals surface area (Å²) in [6, 6.07) is 10.1. The van der Waals surface area contributed by atoms with E-state index >= 15 is 0 Å². The molecule has 1 heterocycles. The molecular formula is C32H44F3N8O3S+. The Morgan fingerprint density at radius 3 is 2.17 bits per heavy atom. The molecular weight excluding hydrogens is 633 g/mol. The predicted molar refractivity (Wildman–Crippen MR) is 179 cm³/mol. The highest BCUT2D eigenvalue weighted by molar-refractivity contribution is 7.80. The van der Waals surface area contributed by atoms with Gasteiger partial charge >= 0.3 is 6.18 Å². The van der Waals surface area contributed by atoms with E-state index in [1.165, 1.54) is 18.3 Å². The van der Waals surface area contributed by atoms with Gasteiger partial charge in [-0.25, -0.2) is 0 Å². The highest BCUT2D eigenvalue weighted by atomic mass is 32.1. The summed E-state index contributed by atoms with van der Waals surface area (Å²) < 4.78 is 40.1. The van der Waals surface area contributed by atoms with Gasteiger partial charge in [-0.05, 0) is 42.7 Å². The van der Waals surface area contributed by atoms with Gasteiger partial charge in [0.2, 0.25) is 17.7 Å². The lowest BCUT2D eigenvalue weighted by molar-refractivity contribution is -0.907. The van der Waals surface area contributed by atoms with Crippen LogP contribution in [0.15, 0.2) is 60.8 Å². The number of benzene rings is 2. The summed E-state index contributed by atoms with van der Waals surface area (Å²) in [7, 11) is 2.01. The van der Waals surface area contributed by atoms with Crippen LogP contribution in [-0.4, -0.2) is 90.8 Å². The van der Waals surface area contributed by atoms with Crippen LogP contribution >= 0.6 is 12.6 Å². The van der Waals surface area contributed by atoms with E-state index < -0.39 is 47.6 Å². The first-order chi connectivity index (χ1) is 22.3. The number of hydrogen-bond donors (Lipinski definition) is 7. The monoisotopic (exact) mass is 677 g/mol. The van der Waals surface area contributed by atoms with Crippen LogP contribution in [-0.2, 0) is 27.0 Å². The van der Waals surface area contributed by atoms with Crippen molar-refractivity contribution in [3.05, 3.63) is 71.9 Å². The zero-order valence-corrected chi connectivity index (χ0v) is 27.2. The van der Waals surface area contributed by atoms with Gasteiger partial charge in [0.15, 0.2) is 0 Å². The number of halogens is 3. The van der Waals surface area contributed by atoms with Crippen LogP contribution in [0.5, 0.6) is 0 Å². The van der Waals surface area contributed by atoms with Crippen LogP contribution in [0.3, 0.4) is 0 Å². The number of aromatic nitrogens is 1. The Hall–Kier alpha value is -3.76. The van der Waals surface area contributed by atoms with Gasteiger partial charge < -0.3 is 37.6 Å². The number of anilines is 1. The van der Waals surface area contributed by atoms with Gasteiger partial charge in [0.25, 0.3) is 0 Å². The van der Waals surface area contributed by atoms with Crippen LogP contribution in [0.1, 0.15) is 24.0 Å². The number of carbonyl (C=O) groups is 3. The zero-order valence-electron chi connectivity index (χ0n) is 26.3. The number of rotatable bonds is 17. The van der Waals surface area contributed by atoms with E-state index in [1.54, 1.807) is 6.07 Å². The number of para-hydroxylation sites is 1. The van der Waals surface area contributed by atoms with Gasteiger partial charge in [-0.15, -0.1) is 0 Å². The summed E-state index contributed by atoms with van der Waals surface area (Å²) in [6.45, 7) is 2.86. The van der Waals surface area contributed by atoms with Gasteiger partial charge in [-0.1, -0.05) is 30.3 Å². The molecule has 3 aromatic rings. The molecule has 0 saturated heterocycles. The minimum Gasteiger partial charge on any atom is -0.343 e. The number of quaternary nitrogens is 1. The average molecular weight is 678 g/mol. The van der Waals surface area contributed by atoms with Crippen LogP contribution in [0.4, 0.5) is 18.9 Å². The third kappa shape index (κ3) is 11.5. The van der Waals surface area contributed by atoms with Crippen molar-refractivity contribution in [3.63, 3.8) is 0 Å². The molecule has 47 heavy (non-hydrogen) atoms. The fourth-order valence-corrected chi connectivity index (χ4v) is 5.35. The molecule has 0 radical (unpaired) electrons. The number of likely N-dealkylation sites (N-methyl/N-ethyl adjacent to an activating group) is 1. The first-order valence-corrected chi connectivity index (χ1v) is 15.9. The van der Waals surface area contributed by atoms with E-state index in [2.05, 4.69) is 33.6 Å². The largest absolute Gasteiger partial charge is 0.416 e. The number of nitrogens with zero attached hydrogens (tertiary/aromatic N) is 2. The number of fused-ring (bicyclic) bond motifs is 1. The lowest BCUT2D eigenvalue weighted by Crippen LogP contribution is -2.56. The summed E-state index contributed by atoms with van der Waals surface area (Å²) in [6.07, 6.45) is -2.48. The number of nitrogens with one attached hydrogen (secondary N) is 3. The van der Waals surface area contributed by atoms with E-state index in [0.29, 0.717) is 60.4 Å². The van der Waals surface area contributed by atoms with Crippen molar-refractivity contribution in [2.75, 3.05) is 50.8 Å². The second kappa shape index (κ2) is 17.4. The standard InChI is InChI=1S/C32H43F3N8O3S/c1-43(15-12-36,16-13-37)14-4-7-27(41-29(44)25(38)20-47)30(45)42-28(17-21-8-10-23(11-9-21)32(33,34)35)31(46)40-24-18-22-5-2-3-6-26(22)39-19-24/h2-3,5-6,8-11,18-19,25,27-28H,4,7,12-17,20,36-38H2,1H3,(H3-,40,41,42,44,45,46,47)/p+1/t25?,27?,28-/m1/s1. The van der Waals surface area contributed by atoms with Gasteiger partial charge in [-0.3, -0.25) is 19.4 Å². The Morgan fingerprint density at radius 2 is 1.55 bits per heavy atom. The molecule has 1 aromatic heterocycles. The third-order valence-electron chi connectivity index (χ3n) is 7.91. The van der Waals surface area contributed by atoms with E-state index in [4.69, 9.17) is 17.2 Å². The minimum absolute atomic E-state index is 0.0425. The highest BCUT2D eigenvalue weighted by Crippen LogP contribution is 2.29. The maximum atomic E-state index is 13.7. The van der Waals surface area contributed by atoms with Gasteiger partial charge in [0.05, 0.1) is 55.7 Å². The highest BCUT2D eigenvalue weighted by Gasteiger charge is 2.32. The number of nitrogens with two attached hydrogens (primary N) is 3. The van der Waals surface area contributed by atoms with E-state index in [1.807, 2.05) is 31.3 Å². The SMILES string of the molecule is C[N+](CCN)(CCN)CCCC(NC(=O)C(N)CS)C(=O)N[C@H](Cc1ccc(C(F)(F)F)cc1)C(=O)Nc1cnc2ccccc2c1. The molecule has 0 saturated carbocycles. The summed E-state index contributed by atoms with van der Waals surface area (Å²) in [5.74, 6) is -1.82. The van der Waals surface area contributed by atoms with Crippen molar-refractivity contribution in [3.8, 4) is 0 Å². The lowest BCUT2D eigenvalue weighted by Gasteiger charge is -2.34. The molecule has 0 aliphatic heterocycles. The maximum absolute atomic E-state index is 13.7. The molecule has 9 N–H and O–H groups in total. The number of thiol groups is 1. The van der Waals surface area contributed by atoms with Crippen LogP contribution in [0.25, 0.3) is 10.9 Å². The van der Waals surface area contributed by atoms with Crippen molar-refractivity contribution in [2.24, 2.45) is 17.2 Å². The van der Waals surface area contributed by atoms with E-state index in [-0.39, 0.29) is 18.6 Å². The molecule has 3 rings (SSSR count). The maximum Gasteiger partial charge on any atom is 0.416 e. The van der Waals surface area contributed by atoms with Gasteiger partial charge in [0.1, 0.15) is 12.1 Å². The molecule has 15 heteroatoms. The summed E-state index contributed by atoms with van der Waals surface area (Å²) in [5, 5.41) is 8.91. The van der Waals surface area contributed by atoms with Crippen LogP contribution in [0, 0.1) is 0 Å². The molecule has 0 spiro atoms. The van der Waals surface area contributed by atoms with Crippen LogP contribution < -0.4 is 33.2 Å². The summed E-state index contributed by atoms with van der Waals surface area (Å²) in [4.78, 5) is 44.5.